The lowest BCUT2D eigenvalue weighted by Crippen LogP contribution is -2.32. The zero-order valence-electron chi connectivity index (χ0n) is 12.0. The molecule has 0 spiro atoms. The number of hydrogen-bond donors (Lipinski definition) is 0. The number of amides is 1. The first kappa shape index (κ1) is 14.5. The van der Waals surface area contributed by atoms with Crippen LogP contribution < -0.4 is 4.87 Å². The molecule has 6 nitrogen and oxygen atoms in total. The Bertz CT molecular complexity index is 664. The molecule has 0 radical (unpaired) electrons. The van der Waals surface area contributed by atoms with Crippen LogP contribution in [0.1, 0.15) is 22.7 Å². The predicted molar refractivity (Wildman–Crippen MR) is 75.8 cm³/mol. The van der Waals surface area contributed by atoms with E-state index < -0.39 is 0 Å². The lowest BCUT2D eigenvalue weighted by Gasteiger charge is -2.17. The highest BCUT2D eigenvalue weighted by Crippen LogP contribution is 2.14. The average Bonchev–Trinajstić information content (AvgIpc) is 2.88. The molecular weight excluding hydrogens is 278 g/mol. The summed E-state index contributed by atoms with van der Waals surface area (Å²) in [6.45, 7) is 5.98. The maximum atomic E-state index is 12.2. The molecule has 2 heterocycles. The van der Waals surface area contributed by atoms with Crippen molar-refractivity contribution < 1.29 is 9.32 Å². The van der Waals surface area contributed by atoms with Gasteiger partial charge >= 0.3 is 4.87 Å². The van der Waals surface area contributed by atoms with Crippen LogP contribution in [0, 0.1) is 20.8 Å². The quantitative estimate of drug-likeness (QED) is 0.857. The van der Waals surface area contributed by atoms with Crippen LogP contribution in [0.5, 0.6) is 0 Å². The topological polar surface area (TPSA) is 68.3 Å². The molecule has 1 amide bonds. The van der Waals surface area contributed by atoms with Gasteiger partial charge in [0, 0.05) is 23.7 Å². The first-order valence-electron chi connectivity index (χ1n) is 6.20. The molecule has 2 aromatic heterocycles. The number of thiazole rings is 1. The lowest BCUT2D eigenvalue weighted by atomic mass is 10.2. The van der Waals surface area contributed by atoms with Gasteiger partial charge in [0.15, 0.2) is 0 Å². The van der Waals surface area contributed by atoms with Gasteiger partial charge in [-0.25, -0.2) is 0 Å². The molecule has 0 saturated carbocycles. The second-order valence-corrected chi connectivity index (χ2v) is 5.60. The predicted octanol–water partition coefficient (Wildman–Crippen LogP) is 1.48. The molecule has 7 heteroatoms. The van der Waals surface area contributed by atoms with E-state index in [9.17, 15) is 9.59 Å². The van der Waals surface area contributed by atoms with E-state index in [0.29, 0.717) is 12.3 Å². The highest BCUT2D eigenvalue weighted by molar-refractivity contribution is 7.07. The maximum Gasteiger partial charge on any atom is 0.307 e. The van der Waals surface area contributed by atoms with Gasteiger partial charge in [-0.05, 0) is 20.8 Å². The fourth-order valence-electron chi connectivity index (χ4n) is 1.91. The SMILES string of the molecule is Cc1noc(C)c1CN(C)C(=O)Cn1c(C)csc1=O. The molecule has 0 atom stereocenters. The molecule has 0 bridgehead atoms. The third kappa shape index (κ3) is 2.82. The Labute approximate surface area is 120 Å². The summed E-state index contributed by atoms with van der Waals surface area (Å²) >= 11 is 1.11. The molecule has 0 fully saturated rings. The maximum absolute atomic E-state index is 12.2. The van der Waals surface area contributed by atoms with E-state index >= 15 is 0 Å². The van der Waals surface area contributed by atoms with Gasteiger partial charge in [0.1, 0.15) is 12.3 Å². The fraction of sp³-hybridized carbons (Fsp3) is 0.462. The number of hydrogen-bond acceptors (Lipinski definition) is 5. The van der Waals surface area contributed by atoms with Crippen molar-refractivity contribution in [2.45, 2.75) is 33.9 Å². The highest BCUT2D eigenvalue weighted by atomic mass is 32.1. The molecule has 0 N–H and O–H groups in total. The Balaban J connectivity index is 2.08. The van der Waals surface area contributed by atoms with Gasteiger partial charge in [0.2, 0.25) is 5.91 Å². The molecule has 108 valence electrons. The van der Waals surface area contributed by atoms with Gasteiger partial charge in [-0.2, -0.15) is 0 Å². The number of likely N-dealkylation sites (N-methyl/N-ethyl adjacent to an activating group) is 1. The first-order valence-corrected chi connectivity index (χ1v) is 7.08. The van der Waals surface area contributed by atoms with Crippen LogP contribution in [0.4, 0.5) is 0 Å². The lowest BCUT2D eigenvalue weighted by molar-refractivity contribution is -0.131. The van der Waals surface area contributed by atoms with Crippen LogP contribution in [0.15, 0.2) is 14.7 Å². The largest absolute Gasteiger partial charge is 0.361 e. The summed E-state index contributed by atoms with van der Waals surface area (Å²) in [5, 5.41) is 5.62. The van der Waals surface area contributed by atoms with Crippen LogP contribution in [0.3, 0.4) is 0 Å². The molecule has 20 heavy (non-hydrogen) atoms. The van der Waals surface area contributed by atoms with E-state index in [4.69, 9.17) is 4.52 Å². The number of carbonyl (C=O) groups excluding carboxylic acids is 1. The van der Waals surface area contributed by atoms with Crippen molar-refractivity contribution in [1.29, 1.82) is 0 Å². The Morgan fingerprint density at radius 2 is 2.15 bits per heavy atom. The average molecular weight is 295 g/mol. The summed E-state index contributed by atoms with van der Waals surface area (Å²) in [7, 11) is 1.71. The van der Waals surface area contributed by atoms with Crippen molar-refractivity contribution in [3.63, 3.8) is 0 Å². The standard InChI is InChI=1S/C13H17N3O3S/c1-8-7-20-13(18)16(8)6-12(17)15(4)5-11-9(2)14-19-10(11)3/h7H,5-6H2,1-4H3. The number of aromatic nitrogens is 2. The summed E-state index contributed by atoms with van der Waals surface area (Å²) in [6, 6.07) is 0. The Kier molecular flexibility index (Phi) is 4.08. The van der Waals surface area contributed by atoms with Crippen molar-refractivity contribution >= 4 is 17.2 Å². The highest BCUT2D eigenvalue weighted by Gasteiger charge is 2.17. The summed E-state index contributed by atoms with van der Waals surface area (Å²) in [5.41, 5.74) is 2.50. The van der Waals surface area contributed by atoms with Gasteiger partial charge in [0.25, 0.3) is 0 Å². The zero-order chi connectivity index (χ0) is 14.9. The Morgan fingerprint density at radius 3 is 2.65 bits per heavy atom. The van der Waals surface area contributed by atoms with E-state index in [2.05, 4.69) is 5.16 Å². The minimum Gasteiger partial charge on any atom is -0.361 e. The smallest absolute Gasteiger partial charge is 0.307 e. The number of rotatable bonds is 4. The van der Waals surface area contributed by atoms with Gasteiger partial charge < -0.3 is 9.42 Å². The summed E-state index contributed by atoms with van der Waals surface area (Å²) in [6.07, 6.45) is 0. The number of carbonyl (C=O) groups is 1. The van der Waals surface area contributed by atoms with Crippen molar-refractivity contribution in [2.75, 3.05) is 7.05 Å². The van der Waals surface area contributed by atoms with Crippen LogP contribution in [-0.4, -0.2) is 27.6 Å². The third-order valence-corrected chi connectivity index (χ3v) is 4.15. The monoisotopic (exact) mass is 295 g/mol. The van der Waals surface area contributed by atoms with Crippen LogP contribution in [0.2, 0.25) is 0 Å². The number of aryl methyl sites for hydroxylation is 3. The molecule has 2 rings (SSSR count). The molecule has 0 aliphatic rings. The summed E-state index contributed by atoms with van der Waals surface area (Å²) < 4.78 is 6.56. The Hall–Kier alpha value is -1.89. The summed E-state index contributed by atoms with van der Waals surface area (Å²) in [4.78, 5) is 25.3. The van der Waals surface area contributed by atoms with Crippen molar-refractivity contribution in [1.82, 2.24) is 14.6 Å². The summed E-state index contributed by atoms with van der Waals surface area (Å²) in [5.74, 6) is 0.597. The molecule has 0 aliphatic heterocycles. The van der Waals surface area contributed by atoms with Crippen molar-refractivity contribution in [3.05, 3.63) is 37.8 Å². The van der Waals surface area contributed by atoms with Crippen LogP contribution in [-0.2, 0) is 17.9 Å². The molecule has 0 unspecified atom stereocenters. The fourth-order valence-corrected chi connectivity index (χ4v) is 2.64. The molecule has 0 saturated heterocycles. The van der Waals surface area contributed by atoms with Crippen LogP contribution in [0.25, 0.3) is 0 Å². The normalized spacial score (nSPS) is 10.8. The van der Waals surface area contributed by atoms with E-state index in [-0.39, 0.29) is 17.3 Å². The van der Waals surface area contributed by atoms with Gasteiger partial charge in [-0.1, -0.05) is 16.5 Å². The second-order valence-electron chi connectivity index (χ2n) is 4.78. The van der Waals surface area contributed by atoms with E-state index in [1.807, 2.05) is 20.8 Å². The van der Waals surface area contributed by atoms with E-state index in [1.165, 1.54) is 4.57 Å². The van der Waals surface area contributed by atoms with Gasteiger partial charge in [-0.15, -0.1) is 0 Å². The van der Waals surface area contributed by atoms with Crippen molar-refractivity contribution in [3.8, 4) is 0 Å². The van der Waals surface area contributed by atoms with Crippen LogP contribution >= 0.6 is 11.3 Å². The van der Waals surface area contributed by atoms with E-state index in [0.717, 1.165) is 28.3 Å². The molecule has 0 aromatic carbocycles. The minimum absolute atomic E-state index is 0.0635. The van der Waals surface area contributed by atoms with E-state index in [1.54, 1.807) is 17.3 Å². The molecule has 2 aromatic rings. The molecule has 0 aliphatic carbocycles. The Morgan fingerprint density at radius 1 is 1.45 bits per heavy atom. The van der Waals surface area contributed by atoms with Gasteiger partial charge in [-0.3, -0.25) is 14.2 Å². The minimum atomic E-state index is -0.117. The van der Waals surface area contributed by atoms with Gasteiger partial charge in [0.05, 0.1) is 12.2 Å². The molecular formula is C13H17N3O3S. The second kappa shape index (κ2) is 5.62. The first-order chi connectivity index (χ1) is 9.40. The number of nitrogens with zero attached hydrogens (tertiary/aromatic N) is 3. The van der Waals surface area contributed by atoms with Crippen molar-refractivity contribution in [2.24, 2.45) is 0 Å². The third-order valence-electron chi connectivity index (χ3n) is 3.27. The zero-order valence-corrected chi connectivity index (χ0v) is 12.8.